The maximum atomic E-state index is 12.5. The van der Waals surface area contributed by atoms with Crippen LogP contribution < -0.4 is 5.32 Å². The number of rotatable bonds is 5. The number of carbonyl (C=O) groups excluding carboxylic acids is 2. The smallest absolute Gasteiger partial charge is 0.407 e. The predicted molar refractivity (Wildman–Crippen MR) is 114 cm³/mol. The molecule has 0 spiro atoms. The monoisotopic (exact) mass is 404 g/mol. The van der Waals surface area contributed by atoms with Crippen LogP contribution in [0.2, 0.25) is 0 Å². The van der Waals surface area contributed by atoms with E-state index in [1.165, 1.54) is 12.7 Å². The van der Waals surface area contributed by atoms with Gasteiger partial charge in [-0.25, -0.2) is 9.78 Å². The zero-order chi connectivity index (χ0) is 20.9. The first kappa shape index (κ1) is 19.7. The number of likely N-dealkylation sites (tertiary alicyclic amines) is 1. The van der Waals surface area contributed by atoms with Crippen LogP contribution in [-0.4, -0.2) is 47.1 Å². The van der Waals surface area contributed by atoms with Gasteiger partial charge in [-0.05, 0) is 29.5 Å². The Labute approximate surface area is 175 Å². The predicted octanol–water partition coefficient (Wildman–Crippen LogP) is 3.76. The number of aromatic nitrogens is 2. The van der Waals surface area contributed by atoms with Crippen molar-refractivity contribution in [3.05, 3.63) is 66.6 Å². The zero-order valence-corrected chi connectivity index (χ0v) is 16.8. The van der Waals surface area contributed by atoms with Crippen LogP contribution in [0, 0.1) is 0 Å². The molecule has 0 bridgehead atoms. The molecule has 7 heteroatoms. The molecule has 2 amide bonds. The Hall–Kier alpha value is -3.61. The summed E-state index contributed by atoms with van der Waals surface area (Å²) >= 11 is 0. The zero-order valence-electron chi connectivity index (χ0n) is 16.8. The first-order valence-corrected chi connectivity index (χ1v) is 9.98. The molecule has 1 fully saturated rings. The summed E-state index contributed by atoms with van der Waals surface area (Å²) in [6.45, 7) is 0.561. The summed E-state index contributed by atoms with van der Waals surface area (Å²) in [7, 11) is 1.27. The van der Waals surface area contributed by atoms with E-state index in [9.17, 15) is 9.59 Å². The van der Waals surface area contributed by atoms with E-state index in [0.29, 0.717) is 6.54 Å². The minimum Gasteiger partial charge on any atom is -0.453 e. The number of aromatic amines is 1. The van der Waals surface area contributed by atoms with Gasteiger partial charge in [-0.3, -0.25) is 4.79 Å². The third-order valence-corrected chi connectivity index (χ3v) is 5.36. The van der Waals surface area contributed by atoms with Gasteiger partial charge in [-0.15, -0.1) is 0 Å². The Kier molecular flexibility index (Phi) is 5.79. The highest BCUT2D eigenvalue weighted by Gasteiger charge is 2.32. The number of hydrogen-bond donors (Lipinski definition) is 2. The van der Waals surface area contributed by atoms with Crippen LogP contribution in [0.15, 0.2) is 60.8 Å². The fourth-order valence-corrected chi connectivity index (χ4v) is 3.80. The Bertz CT molecular complexity index is 1010. The number of ether oxygens (including phenoxy) is 1. The highest BCUT2D eigenvalue weighted by atomic mass is 16.5. The van der Waals surface area contributed by atoms with E-state index in [1.807, 2.05) is 18.2 Å². The third-order valence-electron chi connectivity index (χ3n) is 5.36. The molecule has 4 rings (SSSR count). The Morgan fingerprint density at radius 1 is 1.10 bits per heavy atom. The Balaban J connectivity index is 1.47. The third kappa shape index (κ3) is 4.20. The molecule has 1 saturated heterocycles. The molecule has 0 unspecified atom stereocenters. The minimum absolute atomic E-state index is 0.0856. The maximum absolute atomic E-state index is 12.5. The van der Waals surface area contributed by atoms with Crippen LogP contribution in [0.25, 0.3) is 22.4 Å². The van der Waals surface area contributed by atoms with Crippen LogP contribution >= 0.6 is 0 Å². The summed E-state index contributed by atoms with van der Waals surface area (Å²) in [4.78, 5) is 33.4. The molecule has 1 aliphatic heterocycles. The number of nitrogens with one attached hydrogen (secondary N) is 2. The average Bonchev–Trinajstić information content (AvgIpc) is 3.47. The van der Waals surface area contributed by atoms with Gasteiger partial charge in [0.1, 0.15) is 12.4 Å². The van der Waals surface area contributed by atoms with Crippen molar-refractivity contribution in [1.82, 2.24) is 20.2 Å². The van der Waals surface area contributed by atoms with Gasteiger partial charge in [0.05, 0.1) is 25.0 Å². The lowest BCUT2D eigenvalue weighted by Crippen LogP contribution is -2.40. The van der Waals surface area contributed by atoms with Crippen molar-refractivity contribution in [2.75, 3.05) is 20.2 Å². The fraction of sp³-hybridized carbons (Fsp3) is 0.261. The van der Waals surface area contributed by atoms with E-state index in [4.69, 9.17) is 0 Å². The van der Waals surface area contributed by atoms with Crippen LogP contribution in [0.3, 0.4) is 0 Å². The van der Waals surface area contributed by atoms with Crippen LogP contribution in [-0.2, 0) is 9.53 Å². The van der Waals surface area contributed by atoms with Crippen LogP contribution in [0.5, 0.6) is 0 Å². The number of benzene rings is 2. The van der Waals surface area contributed by atoms with Gasteiger partial charge in [0.25, 0.3) is 0 Å². The molecule has 2 heterocycles. The molecule has 2 N–H and O–H groups in total. The summed E-state index contributed by atoms with van der Waals surface area (Å²) in [5.41, 5.74) is 4.29. The summed E-state index contributed by atoms with van der Waals surface area (Å²) in [6.07, 6.45) is 2.93. The molecule has 3 aromatic rings. The van der Waals surface area contributed by atoms with Crippen molar-refractivity contribution in [2.24, 2.45) is 0 Å². The standard InChI is InChI=1S/C23H24N4O3/c1-30-23(29)25-15-21(28)27-13-5-8-20(27)22-24-14-19(26-22)18-11-9-17(10-12-18)16-6-3-2-4-7-16/h2-4,6-7,9-12,14,20H,5,8,13,15H2,1H3,(H,24,26)(H,25,29)/t20-/m0/s1. The summed E-state index contributed by atoms with van der Waals surface area (Å²) in [5.74, 6) is 0.620. The fourth-order valence-electron chi connectivity index (χ4n) is 3.80. The van der Waals surface area contributed by atoms with Crippen LogP contribution in [0.4, 0.5) is 4.79 Å². The largest absolute Gasteiger partial charge is 0.453 e. The first-order valence-electron chi connectivity index (χ1n) is 9.98. The Morgan fingerprint density at radius 2 is 1.80 bits per heavy atom. The van der Waals surface area contributed by atoms with Gasteiger partial charge in [0.15, 0.2) is 0 Å². The van der Waals surface area contributed by atoms with Gasteiger partial charge in [-0.2, -0.15) is 0 Å². The number of imidazole rings is 1. The molecule has 0 aliphatic carbocycles. The highest BCUT2D eigenvalue weighted by molar-refractivity contribution is 5.82. The second kappa shape index (κ2) is 8.82. The van der Waals surface area contributed by atoms with Crippen molar-refractivity contribution in [1.29, 1.82) is 0 Å². The quantitative estimate of drug-likeness (QED) is 0.678. The summed E-state index contributed by atoms with van der Waals surface area (Å²) in [6, 6.07) is 18.4. The van der Waals surface area contributed by atoms with E-state index in [0.717, 1.165) is 35.5 Å². The van der Waals surface area contributed by atoms with Gasteiger partial charge in [0.2, 0.25) is 5.91 Å². The van der Waals surface area contributed by atoms with E-state index in [1.54, 1.807) is 11.1 Å². The molecule has 0 radical (unpaired) electrons. The minimum atomic E-state index is -0.613. The number of H-pyrrole nitrogens is 1. The summed E-state index contributed by atoms with van der Waals surface area (Å²) in [5, 5.41) is 2.45. The van der Waals surface area contributed by atoms with Gasteiger partial charge >= 0.3 is 6.09 Å². The van der Waals surface area contributed by atoms with Gasteiger partial charge in [-0.1, -0.05) is 54.6 Å². The van der Waals surface area contributed by atoms with Crippen molar-refractivity contribution >= 4 is 12.0 Å². The number of nitrogens with zero attached hydrogens (tertiary/aromatic N) is 2. The number of alkyl carbamates (subject to hydrolysis) is 1. The SMILES string of the molecule is COC(=O)NCC(=O)N1CCC[C@H]1c1ncc(-c2ccc(-c3ccccc3)cc2)[nH]1. The number of methoxy groups -OCH3 is 1. The molecule has 30 heavy (non-hydrogen) atoms. The van der Waals surface area contributed by atoms with Gasteiger partial charge in [0, 0.05) is 6.54 Å². The molecule has 2 aromatic carbocycles. The first-order chi connectivity index (χ1) is 14.7. The molecule has 1 aromatic heterocycles. The molecule has 1 atom stereocenters. The number of amides is 2. The Morgan fingerprint density at radius 3 is 2.53 bits per heavy atom. The highest BCUT2D eigenvalue weighted by Crippen LogP contribution is 2.32. The lowest BCUT2D eigenvalue weighted by atomic mass is 10.0. The second-order valence-corrected chi connectivity index (χ2v) is 7.22. The molecule has 7 nitrogen and oxygen atoms in total. The maximum Gasteiger partial charge on any atom is 0.407 e. The molecule has 0 saturated carbocycles. The van der Waals surface area contributed by atoms with Gasteiger partial charge < -0.3 is 19.9 Å². The average molecular weight is 404 g/mol. The van der Waals surface area contributed by atoms with E-state index >= 15 is 0 Å². The molecular weight excluding hydrogens is 380 g/mol. The van der Waals surface area contributed by atoms with E-state index < -0.39 is 6.09 Å². The second-order valence-electron chi connectivity index (χ2n) is 7.22. The van der Waals surface area contributed by atoms with Crippen molar-refractivity contribution in [3.63, 3.8) is 0 Å². The van der Waals surface area contributed by atoms with Crippen molar-refractivity contribution in [2.45, 2.75) is 18.9 Å². The lowest BCUT2D eigenvalue weighted by molar-refractivity contribution is -0.131. The van der Waals surface area contributed by atoms with Crippen molar-refractivity contribution < 1.29 is 14.3 Å². The van der Waals surface area contributed by atoms with Crippen molar-refractivity contribution in [3.8, 4) is 22.4 Å². The summed E-state index contributed by atoms with van der Waals surface area (Å²) < 4.78 is 4.52. The topological polar surface area (TPSA) is 87.3 Å². The number of carbonyl (C=O) groups is 2. The molecule has 154 valence electrons. The lowest BCUT2D eigenvalue weighted by Gasteiger charge is -2.23. The van der Waals surface area contributed by atoms with E-state index in [2.05, 4.69) is 56.4 Å². The molecular formula is C23H24N4O3. The van der Waals surface area contributed by atoms with E-state index in [-0.39, 0.29) is 18.5 Å². The molecule has 1 aliphatic rings. The number of hydrogen-bond acceptors (Lipinski definition) is 4. The van der Waals surface area contributed by atoms with Crippen LogP contribution in [0.1, 0.15) is 24.7 Å². The normalized spacial score (nSPS) is 15.8.